The molecule has 1 aromatic carbocycles. The Morgan fingerprint density at radius 1 is 1.03 bits per heavy atom. The summed E-state index contributed by atoms with van der Waals surface area (Å²) < 4.78 is 5.54. The molecule has 1 aromatic heterocycles. The van der Waals surface area contributed by atoms with Crippen LogP contribution in [0.25, 0.3) is 10.9 Å². The van der Waals surface area contributed by atoms with Crippen LogP contribution < -0.4 is 5.32 Å². The molecule has 3 aliphatic heterocycles. The summed E-state index contributed by atoms with van der Waals surface area (Å²) in [5.41, 5.74) is 0.0755. The van der Waals surface area contributed by atoms with Crippen LogP contribution in [0.4, 0.5) is 0 Å². The Balaban J connectivity index is 1.30. The Kier molecular flexibility index (Phi) is 7.55. The van der Waals surface area contributed by atoms with Gasteiger partial charge in [0.15, 0.2) is 5.66 Å². The number of halogens is 1. The number of piperidine rings is 1. The molecule has 5 rings (SSSR count). The predicted octanol–water partition coefficient (Wildman–Crippen LogP) is 1.84. The van der Waals surface area contributed by atoms with E-state index in [4.69, 9.17) is 16.3 Å². The first-order chi connectivity index (χ1) is 17.3. The van der Waals surface area contributed by atoms with Crippen LogP contribution in [0.1, 0.15) is 30.3 Å². The van der Waals surface area contributed by atoms with Gasteiger partial charge in [-0.1, -0.05) is 11.6 Å². The summed E-state index contributed by atoms with van der Waals surface area (Å²) in [7, 11) is 2.18. The molecule has 4 heterocycles. The smallest absolute Gasteiger partial charge is 0.269 e. The molecule has 0 unspecified atom stereocenters. The van der Waals surface area contributed by atoms with E-state index in [9.17, 15) is 9.59 Å². The first-order valence-electron chi connectivity index (χ1n) is 13.0. The number of likely N-dealkylation sites (tertiary alicyclic amines) is 1. The van der Waals surface area contributed by atoms with Crippen molar-refractivity contribution < 1.29 is 14.3 Å². The third-order valence-corrected chi connectivity index (χ3v) is 8.29. The maximum Gasteiger partial charge on any atom is 0.269 e. The highest BCUT2D eigenvalue weighted by molar-refractivity contribution is 6.31. The number of carbonyl (C=O) groups is 2. The number of morpholine rings is 1. The van der Waals surface area contributed by atoms with Crippen LogP contribution in [0.15, 0.2) is 24.3 Å². The quantitative estimate of drug-likeness (QED) is 0.631. The standard InChI is InChI=1S/C26H37ClN6O3/c1-26(33-13-15-36-16-14-33,29-24(34)23-18-19-17-20(27)3-4-22(19)28-23)25(35)32-11-9-31(10-12-32)21-5-7-30(2)8-6-21/h3-4,17-18,21,28H,5-16H2,1-2H3,(H,29,34)/t26-/m0/s1. The van der Waals surface area contributed by atoms with Gasteiger partial charge in [-0.25, -0.2) is 0 Å². The van der Waals surface area contributed by atoms with Crippen LogP contribution in [-0.4, -0.2) is 121 Å². The van der Waals surface area contributed by atoms with Crippen molar-refractivity contribution in [2.24, 2.45) is 0 Å². The number of benzene rings is 1. The van der Waals surface area contributed by atoms with Crippen molar-refractivity contribution in [2.75, 3.05) is 72.6 Å². The summed E-state index contributed by atoms with van der Waals surface area (Å²) in [5.74, 6) is -0.366. The van der Waals surface area contributed by atoms with Gasteiger partial charge in [-0.05, 0) is 64.2 Å². The highest BCUT2D eigenvalue weighted by atomic mass is 35.5. The highest BCUT2D eigenvalue weighted by Crippen LogP contribution is 2.24. The van der Waals surface area contributed by atoms with E-state index < -0.39 is 5.66 Å². The SMILES string of the molecule is CN1CCC(N2CCN(C(=O)[C@@](C)(NC(=O)c3cc4cc(Cl)ccc4[nH]3)N3CCOCC3)CC2)CC1. The number of nitrogens with one attached hydrogen (secondary N) is 2. The Labute approximate surface area is 217 Å². The van der Waals surface area contributed by atoms with Gasteiger partial charge in [0.2, 0.25) is 0 Å². The molecule has 1 atom stereocenters. The lowest BCUT2D eigenvalue weighted by Crippen LogP contribution is -2.70. The Morgan fingerprint density at radius 2 is 1.72 bits per heavy atom. The van der Waals surface area contributed by atoms with Gasteiger partial charge < -0.3 is 24.8 Å². The van der Waals surface area contributed by atoms with E-state index in [0.717, 1.165) is 37.1 Å². The molecule has 0 spiro atoms. The third kappa shape index (κ3) is 5.26. The number of carbonyl (C=O) groups excluding carboxylic acids is 2. The van der Waals surface area contributed by atoms with Crippen molar-refractivity contribution in [2.45, 2.75) is 31.5 Å². The highest BCUT2D eigenvalue weighted by Gasteiger charge is 2.45. The van der Waals surface area contributed by atoms with Crippen molar-refractivity contribution in [3.05, 3.63) is 35.0 Å². The van der Waals surface area contributed by atoms with Crippen LogP contribution in [0.5, 0.6) is 0 Å². The lowest BCUT2D eigenvalue weighted by molar-refractivity contribution is -0.151. The van der Waals surface area contributed by atoms with Crippen LogP contribution in [0.2, 0.25) is 5.02 Å². The fraction of sp³-hybridized carbons (Fsp3) is 0.615. The largest absolute Gasteiger partial charge is 0.379 e. The van der Waals surface area contributed by atoms with Gasteiger partial charge in [0.1, 0.15) is 5.69 Å². The van der Waals surface area contributed by atoms with E-state index >= 15 is 0 Å². The van der Waals surface area contributed by atoms with Gasteiger partial charge >= 0.3 is 0 Å². The zero-order valence-electron chi connectivity index (χ0n) is 21.3. The molecule has 0 bridgehead atoms. The number of hydrogen-bond donors (Lipinski definition) is 2. The van der Waals surface area contributed by atoms with Crippen LogP contribution >= 0.6 is 11.6 Å². The molecule has 196 valence electrons. The van der Waals surface area contributed by atoms with Crippen molar-refractivity contribution in [3.8, 4) is 0 Å². The molecular formula is C26H37ClN6O3. The number of fused-ring (bicyclic) bond motifs is 1. The average molecular weight is 517 g/mol. The van der Waals surface area contributed by atoms with E-state index in [1.807, 2.05) is 28.9 Å². The molecule has 3 aliphatic rings. The minimum Gasteiger partial charge on any atom is -0.379 e. The summed E-state index contributed by atoms with van der Waals surface area (Å²) in [6.45, 7) is 9.42. The van der Waals surface area contributed by atoms with Crippen molar-refractivity contribution in [3.63, 3.8) is 0 Å². The van der Waals surface area contributed by atoms with Crippen LogP contribution in [-0.2, 0) is 9.53 Å². The van der Waals surface area contributed by atoms with Crippen molar-refractivity contribution >= 4 is 34.3 Å². The number of hydrogen-bond acceptors (Lipinski definition) is 6. The molecule has 36 heavy (non-hydrogen) atoms. The van der Waals surface area contributed by atoms with Gasteiger partial charge in [-0.15, -0.1) is 0 Å². The number of H-pyrrole nitrogens is 1. The number of nitrogens with zero attached hydrogens (tertiary/aromatic N) is 4. The van der Waals surface area contributed by atoms with Crippen LogP contribution in [0, 0.1) is 0 Å². The summed E-state index contributed by atoms with van der Waals surface area (Å²) in [4.78, 5) is 39.5. The summed E-state index contributed by atoms with van der Waals surface area (Å²) in [6, 6.07) is 7.83. The van der Waals surface area contributed by atoms with E-state index in [1.54, 1.807) is 12.1 Å². The summed E-state index contributed by atoms with van der Waals surface area (Å²) >= 11 is 6.12. The van der Waals surface area contributed by atoms with Gasteiger partial charge in [-0.3, -0.25) is 19.4 Å². The Bertz CT molecular complexity index is 1090. The number of aromatic nitrogens is 1. The van der Waals surface area contributed by atoms with Crippen molar-refractivity contribution in [1.29, 1.82) is 0 Å². The molecule has 2 N–H and O–H groups in total. The fourth-order valence-electron chi connectivity index (χ4n) is 5.75. The van der Waals surface area contributed by atoms with Gasteiger partial charge in [-0.2, -0.15) is 0 Å². The molecule has 10 heteroatoms. The maximum atomic E-state index is 14.0. The normalized spacial score (nSPS) is 23.0. The van der Waals surface area contributed by atoms with E-state index in [2.05, 4.69) is 27.1 Å². The topological polar surface area (TPSA) is 84.2 Å². The summed E-state index contributed by atoms with van der Waals surface area (Å²) in [6.07, 6.45) is 2.36. The first kappa shape index (κ1) is 25.5. The number of ether oxygens (including phenoxy) is 1. The van der Waals surface area contributed by atoms with Gasteiger partial charge in [0, 0.05) is 61.2 Å². The second-order valence-corrected chi connectivity index (χ2v) is 10.8. The zero-order chi connectivity index (χ0) is 25.3. The minimum absolute atomic E-state index is 0.0556. The van der Waals surface area contributed by atoms with Crippen LogP contribution in [0.3, 0.4) is 0 Å². The van der Waals surface area contributed by atoms with E-state index in [-0.39, 0.29) is 11.8 Å². The molecule has 0 saturated carbocycles. The molecule has 0 radical (unpaired) electrons. The molecule has 2 amide bonds. The van der Waals surface area contributed by atoms with Gasteiger partial charge in [0.25, 0.3) is 11.8 Å². The Morgan fingerprint density at radius 3 is 2.42 bits per heavy atom. The second kappa shape index (κ2) is 10.7. The Hall–Kier alpha value is -2.17. The monoisotopic (exact) mass is 516 g/mol. The lowest BCUT2D eigenvalue weighted by atomic mass is 10.0. The maximum absolute atomic E-state index is 14.0. The molecule has 3 saturated heterocycles. The zero-order valence-corrected chi connectivity index (χ0v) is 22.0. The number of piperazine rings is 1. The number of amides is 2. The average Bonchev–Trinajstić information content (AvgIpc) is 3.33. The number of aromatic amines is 1. The van der Waals surface area contributed by atoms with Gasteiger partial charge in [0.05, 0.1) is 13.2 Å². The number of rotatable bonds is 5. The molecule has 9 nitrogen and oxygen atoms in total. The van der Waals surface area contributed by atoms with E-state index in [0.29, 0.717) is 56.2 Å². The lowest BCUT2D eigenvalue weighted by Gasteiger charge is -2.47. The first-order valence-corrected chi connectivity index (χ1v) is 13.4. The second-order valence-electron chi connectivity index (χ2n) is 10.4. The predicted molar refractivity (Wildman–Crippen MR) is 140 cm³/mol. The molecule has 2 aromatic rings. The fourth-order valence-corrected chi connectivity index (χ4v) is 5.93. The van der Waals surface area contributed by atoms with E-state index in [1.165, 1.54) is 12.8 Å². The minimum atomic E-state index is -1.16. The molecule has 0 aliphatic carbocycles. The molecular weight excluding hydrogens is 480 g/mol. The van der Waals surface area contributed by atoms with Crippen molar-refractivity contribution in [1.82, 2.24) is 29.9 Å². The third-order valence-electron chi connectivity index (χ3n) is 8.05. The summed E-state index contributed by atoms with van der Waals surface area (Å²) in [5, 5.41) is 4.56. The molecule has 3 fully saturated rings.